The molecular weight excluding hydrogens is 1000 g/mol. The summed E-state index contributed by atoms with van der Waals surface area (Å²) in [5, 5.41) is 5.65. The first-order valence-corrected chi connectivity index (χ1v) is 36.5. The Labute approximate surface area is 410 Å². The molecule has 0 unspecified atom stereocenters. The molecule has 2 aliphatic rings. The zero-order chi connectivity index (χ0) is 44.1. The van der Waals surface area contributed by atoms with Crippen LogP contribution in [0.25, 0.3) is 43.8 Å². The Morgan fingerprint density at radius 3 is 1.15 bits per heavy atom. The molecule has 0 atom stereocenters. The third-order valence-corrected chi connectivity index (χ3v) is 13.5. The number of rotatable bonds is 10. The SMILES string of the molecule is CCc1ccc(-c2cccc3[cH-]c(CC4(CC)CCCCC4)cc23)cc1.CCc1ccc(-c2cccc3[cH-]c(CC4(CC)CCCCC4)cc23)cc1.[CH2-][Si][CH2-].[Cl][Zr+2][Cl].[Cl][Zr+2][Cl]. The number of fused-ring (bicyclic) bond motifs is 2. The van der Waals surface area contributed by atoms with Crippen LogP contribution in [0.4, 0.5) is 0 Å². The number of benzene rings is 4. The summed E-state index contributed by atoms with van der Waals surface area (Å²) in [7, 11) is 20.3. The van der Waals surface area contributed by atoms with E-state index in [0.717, 1.165) is 12.8 Å². The Balaban J connectivity index is 0.000000225. The molecule has 0 heterocycles. The van der Waals surface area contributed by atoms with Crippen molar-refractivity contribution in [2.45, 2.75) is 130 Å². The van der Waals surface area contributed by atoms with Crippen molar-refractivity contribution in [3.63, 3.8) is 0 Å². The van der Waals surface area contributed by atoms with Crippen LogP contribution in [-0.4, -0.2) is 9.52 Å². The van der Waals surface area contributed by atoms with Gasteiger partial charge >= 0.3 is 75.7 Å². The average Bonchev–Trinajstić information content (AvgIpc) is 3.91. The van der Waals surface area contributed by atoms with E-state index in [1.165, 1.54) is 145 Å². The number of hydrogen-bond acceptors (Lipinski definition) is 0. The molecule has 2 saturated carbocycles. The zero-order valence-corrected chi connectivity index (χ0v) is 46.1. The van der Waals surface area contributed by atoms with Crippen LogP contribution in [0, 0.1) is 23.9 Å². The summed E-state index contributed by atoms with van der Waals surface area (Å²) in [6, 6.07) is 41.6. The van der Waals surface area contributed by atoms with E-state index in [4.69, 9.17) is 34.1 Å². The first kappa shape index (κ1) is 52.9. The van der Waals surface area contributed by atoms with Gasteiger partial charge in [0.1, 0.15) is 0 Å². The third-order valence-electron chi connectivity index (χ3n) is 13.5. The van der Waals surface area contributed by atoms with Crippen molar-refractivity contribution in [1.82, 2.24) is 0 Å². The molecule has 2 aliphatic carbocycles. The van der Waals surface area contributed by atoms with E-state index < -0.39 is 41.7 Å². The van der Waals surface area contributed by atoms with Gasteiger partial charge in [-0.15, -0.1) is 69.1 Å². The molecule has 0 aliphatic heterocycles. The molecule has 0 saturated heterocycles. The zero-order valence-electron chi connectivity index (χ0n) is 37.1. The minimum absolute atomic E-state index is 0.547. The van der Waals surface area contributed by atoms with Gasteiger partial charge in [0.25, 0.3) is 0 Å². The predicted octanol–water partition coefficient (Wildman–Crippen LogP) is 18.4. The van der Waals surface area contributed by atoms with Crippen LogP contribution >= 0.6 is 34.1 Å². The summed E-state index contributed by atoms with van der Waals surface area (Å²) in [5.74, 6) is 0. The van der Waals surface area contributed by atoms with Gasteiger partial charge < -0.3 is 22.6 Å². The standard InChI is InChI=1S/2C26H31.C2H4Si.4ClH.2Zr/c2*1-3-20-11-13-22(14-12-20)24-10-8-9-23-17-21(18-25(23)24)19-26(4-2)15-6-5-7-16-26;1-3-2;;;;;;/h2*8-14,17-18H,3-7,15-16,19H2,1-2H3;1-2H2;4*1H;;/q2*-1;-2;;;;;2*+4/p-4. The van der Waals surface area contributed by atoms with Crippen LogP contribution in [0.1, 0.15) is 127 Å². The summed E-state index contributed by atoms with van der Waals surface area (Å²) >= 11 is -1.65. The summed E-state index contributed by atoms with van der Waals surface area (Å²) < 4.78 is 0. The topological polar surface area (TPSA) is 0 Å². The van der Waals surface area contributed by atoms with E-state index >= 15 is 0 Å². The van der Waals surface area contributed by atoms with Gasteiger partial charge in [-0.1, -0.05) is 151 Å². The second-order valence-electron chi connectivity index (χ2n) is 17.0. The molecular formula is C54H66Cl4SiZr2. The molecule has 6 aromatic carbocycles. The van der Waals surface area contributed by atoms with Crippen molar-refractivity contribution in [2.24, 2.45) is 10.8 Å². The van der Waals surface area contributed by atoms with Gasteiger partial charge in [-0.05, 0) is 84.5 Å². The van der Waals surface area contributed by atoms with E-state index in [2.05, 4.69) is 150 Å². The van der Waals surface area contributed by atoms with Gasteiger partial charge in [0.2, 0.25) is 0 Å². The van der Waals surface area contributed by atoms with Crippen molar-refractivity contribution < 1.29 is 41.7 Å². The molecule has 61 heavy (non-hydrogen) atoms. The van der Waals surface area contributed by atoms with E-state index in [1.54, 1.807) is 11.1 Å². The van der Waals surface area contributed by atoms with Gasteiger partial charge in [0.05, 0.1) is 0 Å². The van der Waals surface area contributed by atoms with Gasteiger partial charge in [0, 0.05) is 0 Å². The molecule has 7 heteroatoms. The van der Waals surface area contributed by atoms with Crippen molar-refractivity contribution >= 4 is 65.1 Å². The third kappa shape index (κ3) is 15.7. The fourth-order valence-corrected chi connectivity index (χ4v) is 9.92. The average molecular weight is 1070 g/mol. The summed E-state index contributed by atoms with van der Waals surface area (Å²) in [4.78, 5) is 0. The van der Waals surface area contributed by atoms with Crippen LogP contribution in [0.2, 0.25) is 0 Å². The normalized spacial score (nSPS) is 15.0. The Morgan fingerprint density at radius 1 is 0.525 bits per heavy atom. The number of aryl methyl sites for hydroxylation is 2. The predicted molar refractivity (Wildman–Crippen MR) is 268 cm³/mol. The number of hydrogen-bond donors (Lipinski definition) is 0. The maximum atomic E-state index is 4.93. The van der Waals surface area contributed by atoms with Gasteiger partial charge in [0.15, 0.2) is 0 Å². The minimum atomic E-state index is -0.826. The van der Waals surface area contributed by atoms with Crippen LogP contribution < -0.4 is 0 Å². The second kappa shape index (κ2) is 28.3. The van der Waals surface area contributed by atoms with Gasteiger partial charge in [-0.3, -0.25) is 0 Å². The summed E-state index contributed by atoms with van der Waals surface area (Å²) in [6.07, 6.45) is 21.6. The van der Waals surface area contributed by atoms with E-state index in [1.807, 2.05) is 0 Å². The van der Waals surface area contributed by atoms with Crippen LogP contribution in [-0.2, 0) is 67.4 Å². The van der Waals surface area contributed by atoms with Crippen LogP contribution in [0.15, 0.2) is 109 Å². The first-order valence-electron chi connectivity index (χ1n) is 22.5. The Hall–Kier alpha value is -0.757. The molecule has 2 radical (unpaired) electrons. The van der Waals surface area contributed by atoms with Crippen molar-refractivity contribution in [2.75, 3.05) is 0 Å². The van der Waals surface area contributed by atoms with Gasteiger partial charge in [-0.2, -0.15) is 12.1 Å². The molecule has 8 rings (SSSR count). The molecule has 0 amide bonds. The molecule has 0 spiro atoms. The summed E-state index contributed by atoms with van der Waals surface area (Å²) in [6.45, 7) is 16.0. The quantitative estimate of drug-likeness (QED) is 0.0947. The molecule has 0 aromatic heterocycles. The van der Waals surface area contributed by atoms with E-state index in [9.17, 15) is 0 Å². The molecule has 2 fully saturated rings. The molecule has 0 nitrogen and oxygen atoms in total. The molecule has 322 valence electrons. The van der Waals surface area contributed by atoms with Crippen molar-refractivity contribution in [1.29, 1.82) is 0 Å². The van der Waals surface area contributed by atoms with E-state index in [0.29, 0.717) is 20.3 Å². The Morgan fingerprint density at radius 2 is 0.852 bits per heavy atom. The van der Waals surface area contributed by atoms with Gasteiger partial charge in [-0.25, -0.2) is 0 Å². The first-order chi connectivity index (χ1) is 29.7. The van der Waals surface area contributed by atoms with Crippen molar-refractivity contribution in [3.05, 3.63) is 145 Å². The Kier molecular flexibility index (Phi) is 24.5. The molecule has 6 aromatic rings. The molecule has 0 N–H and O–H groups in total. The van der Waals surface area contributed by atoms with E-state index in [-0.39, 0.29) is 0 Å². The summed E-state index contributed by atoms with van der Waals surface area (Å²) in [5.41, 5.74) is 12.4. The Bertz CT molecular complexity index is 1950. The van der Waals surface area contributed by atoms with Crippen LogP contribution in [0.5, 0.6) is 0 Å². The van der Waals surface area contributed by atoms with Crippen LogP contribution in [0.3, 0.4) is 0 Å². The van der Waals surface area contributed by atoms with Crippen molar-refractivity contribution in [3.8, 4) is 22.3 Å². The fourth-order valence-electron chi connectivity index (χ4n) is 9.92. The fraction of sp³-hybridized carbons (Fsp3) is 0.407. The molecule has 0 bridgehead atoms. The monoisotopic (exact) mass is 1060 g/mol. The second-order valence-corrected chi connectivity index (χ2v) is 25.0. The maximum absolute atomic E-state index is 4.93. The number of halogens is 4.